The fourth-order valence-corrected chi connectivity index (χ4v) is 3.27. The van der Waals surface area contributed by atoms with Gasteiger partial charge in [-0.3, -0.25) is 0 Å². The van der Waals surface area contributed by atoms with E-state index >= 15 is 0 Å². The summed E-state index contributed by atoms with van der Waals surface area (Å²) in [6, 6.07) is 5.50. The van der Waals surface area contributed by atoms with Crippen molar-refractivity contribution >= 4 is 21.6 Å². The molecule has 0 aliphatic carbocycles. The summed E-state index contributed by atoms with van der Waals surface area (Å²) >= 11 is 5.50. The molecule has 0 saturated heterocycles. The zero-order chi connectivity index (χ0) is 13.8. The second-order valence-corrected chi connectivity index (χ2v) is 6.63. The molecule has 1 atom stereocenters. The van der Waals surface area contributed by atoms with Crippen LogP contribution in [0.3, 0.4) is 0 Å². The van der Waals surface area contributed by atoms with E-state index in [1.165, 1.54) is 23.5 Å². The minimum Gasteiger partial charge on any atom is -0.212 e. The molecule has 3 nitrogen and oxygen atoms in total. The molecule has 0 saturated carbocycles. The lowest BCUT2D eigenvalue weighted by atomic mass is 10.1. The van der Waals surface area contributed by atoms with E-state index in [4.69, 9.17) is 11.6 Å². The molecule has 0 fully saturated rings. The SMILES string of the molecule is C[C@H](c1ccc(F)cc1)N(C)S(=O)(=O)CCCCl. The van der Waals surface area contributed by atoms with Crippen LogP contribution >= 0.6 is 11.6 Å². The molecular formula is C12H17ClFNO2S. The summed E-state index contributed by atoms with van der Waals surface area (Å²) in [5.74, 6) is 0.00915. The van der Waals surface area contributed by atoms with Gasteiger partial charge >= 0.3 is 0 Å². The third kappa shape index (κ3) is 3.93. The molecule has 0 aliphatic heterocycles. The molecule has 0 radical (unpaired) electrons. The highest BCUT2D eigenvalue weighted by Crippen LogP contribution is 2.22. The minimum absolute atomic E-state index is 0.0263. The van der Waals surface area contributed by atoms with Crippen LogP contribution in [0.5, 0.6) is 0 Å². The molecule has 0 unspecified atom stereocenters. The predicted molar refractivity (Wildman–Crippen MR) is 71.7 cm³/mol. The summed E-state index contributed by atoms with van der Waals surface area (Å²) in [6.07, 6.45) is 0.421. The average Bonchev–Trinajstić information content (AvgIpc) is 2.35. The Kier molecular flexibility index (Phi) is 5.56. The Morgan fingerprint density at radius 1 is 1.33 bits per heavy atom. The Labute approximate surface area is 113 Å². The number of benzene rings is 1. The van der Waals surface area contributed by atoms with Crippen molar-refractivity contribution in [3.63, 3.8) is 0 Å². The van der Waals surface area contributed by atoms with Gasteiger partial charge in [-0.05, 0) is 31.0 Å². The molecule has 0 bridgehead atoms. The van der Waals surface area contributed by atoms with Crippen LogP contribution in [0.25, 0.3) is 0 Å². The Hall–Kier alpha value is -0.650. The molecule has 1 aromatic rings. The van der Waals surface area contributed by atoms with E-state index in [0.717, 1.165) is 5.56 Å². The zero-order valence-corrected chi connectivity index (χ0v) is 12.0. The number of hydrogen-bond acceptors (Lipinski definition) is 2. The minimum atomic E-state index is -3.32. The number of halogens is 2. The van der Waals surface area contributed by atoms with Crippen LogP contribution in [0, 0.1) is 5.82 Å². The monoisotopic (exact) mass is 293 g/mol. The van der Waals surface area contributed by atoms with Crippen molar-refractivity contribution < 1.29 is 12.8 Å². The van der Waals surface area contributed by atoms with E-state index in [2.05, 4.69) is 0 Å². The van der Waals surface area contributed by atoms with Gasteiger partial charge in [-0.25, -0.2) is 12.8 Å². The number of rotatable bonds is 6. The van der Waals surface area contributed by atoms with Gasteiger partial charge in [-0.2, -0.15) is 4.31 Å². The van der Waals surface area contributed by atoms with Gasteiger partial charge in [0.2, 0.25) is 10.0 Å². The van der Waals surface area contributed by atoms with E-state index in [1.807, 2.05) is 0 Å². The Morgan fingerprint density at radius 3 is 2.39 bits per heavy atom. The largest absolute Gasteiger partial charge is 0.214 e. The first-order valence-corrected chi connectivity index (χ1v) is 7.80. The summed E-state index contributed by atoms with van der Waals surface area (Å²) < 4.78 is 38.0. The first kappa shape index (κ1) is 15.4. The maximum atomic E-state index is 12.8. The maximum absolute atomic E-state index is 12.8. The highest BCUT2D eigenvalue weighted by atomic mass is 35.5. The van der Waals surface area contributed by atoms with Gasteiger partial charge in [0.15, 0.2) is 0 Å². The van der Waals surface area contributed by atoms with Gasteiger partial charge in [0.25, 0.3) is 0 Å². The van der Waals surface area contributed by atoms with E-state index in [9.17, 15) is 12.8 Å². The van der Waals surface area contributed by atoms with Gasteiger partial charge in [-0.1, -0.05) is 12.1 Å². The lowest BCUT2D eigenvalue weighted by Gasteiger charge is -2.24. The number of hydrogen-bond donors (Lipinski definition) is 0. The molecule has 0 aromatic heterocycles. The van der Waals surface area contributed by atoms with Crippen LogP contribution in [0.15, 0.2) is 24.3 Å². The van der Waals surface area contributed by atoms with Gasteiger partial charge in [0.05, 0.1) is 5.75 Å². The highest BCUT2D eigenvalue weighted by molar-refractivity contribution is 7.89. The number of nitrogens with zero attached hydrogens (tertiary/aromatic N) is 1. The fraction of sp³-hybridized carbons (Fsp3) is 0.500. The molecular weight excluding hydrogens is 277 g/mol. The molecule has 1 rings (SSSR count). The second kappa shape index (κ2) is 6.50. The molecule has 0 amide bonds. The van der Waals surface area contributed by atoms with Crippen LogP contribution in [0.4, 0.5) is 4.39 Å². The smallest absolute Gasteiger partial charge is 0.212 e. The van der Waals surface area contributed by atoms with E-state index in [-0.39, 0.29) is 17.6 Å². The van der Waals surface area contributed by atoms with Gasteiger partial charge < -0.3 is 0 Å². The average molecular weight is 294 g/mol. The lowest BCUT2D eigenvalue weighted by Crippen LogP contribution is -2.31. The maximum Gasteiger partial charge on any atom is 0.214 e. The van der Waals surface area contributed by atoms with Crippen molar-refractivity contribution in [1.82, 2.24) is 4.31 Å². The fourth-order valence-electron chi connectivity index (χ4n) is 1.57. The molecule has 0 aliphatic rings. The van der Waals surface area contributed by atoms with Crippen molar-refractivity contribution in [2.75, 3.05) is 18.7 Å². The summed E-state index contributed by atoms with van der Waals surface area (Å²) in [7, 11) is -1.80. The standard InChI is InChI=1S/C12H17ClFNO2S/c1-10(11-4-6-12(14)7-5-11)15(2)18(16,17)9-3-8-13/h4-7,10H,3,8-9H2,1-2H3/t10-/m1/s1. The summed E-state index contributed by atoms with van der Waals surface area (Å²) in [5.41, 5.74) is 0.758. The summed E-state index contributed by atoms with van der Waals surface area (Å²) in [4.78, 5) is 0. The third-order valence-electron chi connectivity index (χ3n) is 2.87. The molecule has 0 heterocycles. The molecule has 0 spiro atoms. The highest BCUT2D eigenvalue weighted by Gasteiger charge is 2.23. The molecule has 102 valence electrons. The first-order chi connectivity index (χ1) is 8.38. The zero-order valence-electron chi connectivity index (χ0n) is 10.4. The van der Waals surface area contributed by atoms with Crippen LogP contribution in [0.2, 0.25) is 0 Å². The molecule has 6 heteroatoms. The summed E-state index contributed by atoms with van der Waals surface area (Å²) in [5, 5.41) is 0. The van der Waals surface area contributed by atoms with Gasteiger partial charge in [0.1, 0.15) is 5.82 Å². The third-order valence-corrected chi connectivity index (χ3v) is 5.14. The van der Waals surface area contributed by atoms with Crippen molar-refractivity contribution in [2.24, 2.45) is 0 Å². The number of sulfonamides is 1. The summed E-state index contributed by atoms with van der Waals surface area (Å²) in [6.45, 7) is 1.77. The predicted octanol–water partition coefficient (Wildman–Crippen LogP) is 2.78. The van der Waals surface area contributed by atoms with Crippen LogP contribution in [-0.2, 0) is 10.0 Å². The lowest BCUT2D eigenvalue weighted by molar-refractivity contribution is 0.398. The van der Waals surface area contributed by atoms with Gasteiger partial charge in [0, 0.05) is 19.0 Å². The second-order valence-electron chi connectivity index (χ2n) is 4.10. The van der Waals surface area contributed by atoms with Gasteiger partial charge in [-0.15, -0.1) is 11.6 Å². The van der Waals surface area contributed by atoms with Crippen molar-refractivity contribution in [2.45, 2.75) is 19.4 Å². The van der Waals surface area contributed by atoms with E-state index < -0.39 is 10.0 Å². The first-order valence-electron chi connectivity index (χ1n) is 5.65. The van der Waals surface area contributed by atoms with Crippen LogP contribution in [-0.4, -0.2) is 31.4 Å². The Morgan fingerprint density at radius 2 is 1.89 bits per heavy atom. The Bertz CT molecular complexity index is 475. The van der Waals surface area contributed by atoms with Crippen LogP contribution in [0.1, 0.15) is 24.9 Å². The number of alkyl halides is 1. The van der Waals surface area contributed by atoms with Crippen molar-refractivity contribution in [3.8, 4) is 0 Å². The topological polar surface area (TPSA) is 37.4 Å². The molecule has 1 aromatic carbocycles. The molecule has 18 heavy (non-hydrogen) atoms. The van der Waals surface area contributed by atoms with Crippen LogP contribution < -0.4 is 0 Å². The van der Waals surface area contributed by atoms with Crippen molar-refractivity contribution in [1.29, 1.82) is 0 Å². The molecule has 0 N–H and O–H groups in total. The van der Waals surface area contributed by atoms with Crippen molar-refractivity contribution in [3.05, 3.63) is 35.6 Å². The van der Waals surface area contributed by atoms with E-state index in [1.54, 1.807) is 19.1 Å². The quantitative estimate of drug-likeness (QED) is 0.756. The normalized spacial score (nSPS) is 13.8. The Balaban J connectivity index is 2.83. The van der Waals surface area contributed by atoms with E-state index in [0.29, 0.717) is 12.3 Å².